The molecular formula is C26H33ClN4O5S. The van der Waals surface area contributed by atoms with Gasteiger partial charge >= 0.3 is 0 Å². The lowest BCUT2D eigenvalue weighted by Gasteiger charge is -2.39. The van der Waals surface area contributed by atoms with Gasteiger partial charge in [-0.25, -0.2) is 9.71 Å². The van der Waals surface area contributed by atoms with Crippen LogP contribution in [0.15, 0.2) is 41.4 Å². The number of piperidine rings is 1. The number of β-amino-alcohol motifs (C(OH)–C–C–N with tert-alkyl or cyclic N) is 1. The average Bonchev–Trinajstić information content (AvgIpc) is 3.50. The molecule has 2 aromatic rings. The van der Waals surface area contributed by atoms with Gasteiger partial charge in [0, 0.05) is 50.1 Å². The van der Waals surface area contributed by atoms with Crippen molar-refractivity contribution in [2.24, 2.45) is 5.41 Å². The molecule has 0 unspecified atom stereocenters. The number of anilines is 2. The van der Waals surface area contributed by atoms with Gasteiger partial charge in [-0.15, -0.1) is 0 Å². The molecule has 1 saturated carbocycles. The Balaban J connectivity index is 1.32. The van der Waals surface area contributed by atoms with Gasteiger partial charge in [0.15, 0.2) is 10.6 Å². The van der Waals surface area contributed by atoms with Crippen molar-refractivity contribution >= 4 is 39.0 Å². The van der Waals surface area contributed by atoms with Crippen LogP contribution in [0.4, 0.5) is 11.5 Å². The van der Waals surface area contributed by atoms with Crippen LogP contribution in [0.5, 0.6) is 5.75 Å². The largest absolute Gasteiger partial charge is 0.475 e. The van der Waals surface area contributed by atoms with Crippen LogP contribution in [0.3, 0.4) is 0 Å². The third-order valence-corrected chi connectivity index (χ3v) is 8.97. The summed E-state index contributed by atoms with van der Waals surface area (Å²) in [4.78, 5) is 21.5. The molecule has 5 rings (SSSR count). The maximum absolute atomic E-state index is 13.2. The summed E-state index contributed by atoms with van der Waals surface area (Å²) in [5.74, 6) is 0.199. The quantitative estimate of drug-likeness (QED) is 0.542. The number of hydrogen-bond donors (Lipinski definition) is 2. The van der Waals surface area contributed by atoms with E-state index in [9.17, 15) is 18.3 Å². The van der Waals surface area contributed by atoms with Crippen LogP contribution < -0.4 is 19.3 Å². The van der Waals surface area contributed by atoms with Gasteiger partial charge in [0.25, 0.3) is 15.9 Å². The summed E-state index contributed by atoms with van der Waals surface area (Å²) >= 11 is 6.27. The van der Waals surface area contributed by atoms with Crippen LogP contribution in [-0.2, 0) is 14.8 Å². The molecule has 200 valence electrons. The molecule has 9 nitrogen and oxygen atoms in total. The van der Waals surface area contributed by atoms with Gasteiger partial charge in [0.05, 0.1) is 11.8 Å². The van der Waals surface area contributed by atoms with E-state index in [0.29, 0.717) is 48.9 Å². The number of carbonyl (C=O) groups is 1. The minimum Gasteiger partial charge on any atom is -0.475 e. The summed E-state index contributed by atoms with van der Waals surface area (Å²) in [6.45, 7) is 7.19. The van der Waals surface area contributed by atoms with E-state index in [1.807, 2.05) is 11.0 Å². The van der Waals surface area contributed by atoms with Gasteiger partial charge < -0.3 is 19.6 Å². The van der Waals surface area contributed by atoms with Gasteiger partial charge in [-0.05, 0) is 48.9 Å². The Bertz CT molecular complexity index is 1290. The SMILES string of the molecule is CC1(C)CCN(c2ccc(Cl)cc2OC2(C(=O)NS(=O)(=O)c3cccc(N4CC[C@H](O)C4)n3)CC2)CC1. The lowest BCUT2D eigenvalue weighted by molar-refractivity contribution is -0.127. The summed E-state index contributed by atoms with van der Waals surface area (Å²) in [6.07, 6.45) is 2.97. The van der Waals surface area contributed by atoms with Gasteiger partial charge in [0.2, 0.25) is 0 Å². The fraction of sp³-hybridized carbons (Fsp3) is 0.538. The van der Waals surface area contributed by atoms with Crippen LogP contribution in [0.1, 0.15) is 46.0 Å². The first-order chi connectivity index (χ1) is 17.5. The highest BCUT2D eigenvalue weighted by Gasteiger charge is 2.54. The molecule has 1 atom stereocenters. The van der Waals surface area contributed by atoms with Crippen molar-refractivity contribution in [3.05, 3.63) is 41.4 Å². The van der Waals surface area contributed by atoms with Gasteiger partial charge in [-0.1, -0.05) is 31.5 Å². The minimum absolute atomic E-state index is 0.255. The molecule has 1 aliphatic carbocycles. The fourth-order valence-electron chi connectivity index (χ4n) is 4.83. The first kappa shape index (κ1) is 26.1. The molecule has 1 aromatic heterocycles. The van der Waals surface area contributed by atoms with E-state index >= 15 is 0 Å². The van der Waals surface area contributed by atoms with Crippen LogP contribution in [0.25, 0.3) is 0 Å². The molecule has 2 N–H and O–H groups in total. The van der Waals surface area contributed by atoms with Crippen LogP contribution >= 0.6 is 11.6 Å². The number of halogens is 1. The summed E-state index contributed by atoms with van der Waals surface area (Å²) in [7, 11) is -4.23. The van der Waals surface area contributed by atoms with Gasteiger partial charge in [-0.3, -0.25) is 4.79 Å². The Morgan fingerprint density at radius 1 is 1.11 bits per heavy atom. The predicted octanol–water partition coefficient (Wildman–Crippen LogP) is 3.35. The molecule has 3 fully saturated rings. The average molecular weight is 549 g/mol. The topological polar surface area (TPSA) is 112 Å². The van der Waals surface area contributed by atoms with Gasteiger partial charge in [0.1, 0.15) is 11.6 Å². The maximum Gasteiger partial charge on any atom is 0.281 e. The van der Waals surface area contributed by atoms with E-state index in [1.165, 1.54) is 6.07 Å². The molecule has 0 spiro atoms. The summed E-state index contributed by atoms with van der Waals surface area (Å²) in [6, 6.07) is 9.99. The molecular weight excluding hydrogens is 516 g/mol. The van der Waals surface area contributed by atoms with Crippen LogP contribution in [0.2, 0.25) is 5.02 Å². The second-order valence-corrected chi connectivity index (χ2v) is 13.1. The summed E-state index contributed by atoms with van der Waals surface area (Å²) < 4.78 is 34.6. The summed E-state index contributed by atoms with van der Waals surface area (Å²) in [5.41, 5.74) is -0.155. The van der Waals surface area contributed by atoms with E-state index < -0.39 is 27.6 Å². The van der Waals surface area contributed by atoms with Gasteiger partial charge in [-0.2, -0.15) is 8.42 Å². The lowest BCUT2D eigenvalue weighted by atomic mass is 9.82. The monoisotopic (exact) mass is 548 g/mol. The second kappa shape index (κ2) is 9.63. The number of carbonyl (C=O) groups excluding carboxylic acids is 1. The van der Waals surface area contributed by atoms with E-state index in [1.54, 1.807) is 24.3 Å². The number of amides is 1. The molecule has 2 saturated heterocycles. The number of ether oxygens (including phenoxy) is 1. The Morgan fingerprint density at radius 3 is 2.49 bits per heavy atom. The Morgan fingerprint density at radius 2 is 1.84 bits per heavy atom. The number of pyridine rings is 1. The number of benzene rings is 1. The van der Waals surface area contributed by atoms with E-state index in [0.717, 1.165) is 31.6 Å². The minimum atomic E-state index is -4.23. The van der Waals surface area contributed by atoms with Crippen molar-refractivity contribution in [1.82, 2.24) is 9.71 Å². The Kier molecular flexibility index (Phi) is 6.79. The fourth-order valence-corrected chi connectivity index (χ4v) is 6.00. The first-order valence-corrected chi connectivity index (χ1v) is 14.5. The van der Waals surface area contributed by atoms with E-state index in [2.05, 4.69) is 28.5 Å². The van der Waals surface area contributed by atoms with E-state index in [-0.39, 0.29) is 10.4 Å². The van der Waals surface area contributed by atoms with E-state index in [4.69, 9.17) is 16.3 Å². The number of hydrogen-bond acceptors (Lipinski definition) is 8. The number of sulfonamides is 1. The molecule has 0 radical (unpaired) electrons. The molecule has 0 bridgehead atoms. The zero-order chi connectivity index (χ0) is 26.4. The highest BCUT2D eigenvalue weighted by Crippen LogP contribution is 2.45. The highest BCUT2D eigenvalue weighted by molar-refractivity contribution is 7.90. The zero-order valence-corrected chi connectivity index (χ0v) is 22.7. The van der Waals surface area contributed by atoms with Crippen molar-refractivity contribution < 1.29 is 23.1 Å². The number of aliphatic hydroxyl groups is 1. The van der Waals surface area contributed by atoms with Crippen molar-refractivity contribution in [1.29, 1.82) is 0 Å². The van der Waals surface area contributed by atoms with Crippen molar-refractivity contribution in [3.63, 3.8) is 0 Å². The van der Waals surface area contributed by atoms with Crippen molar-refractivity contribution in [2.75, 3.05) is 36.0 Å². The second-order valence-electron chi connectivity index (χ2n) is 11.0. The standard InChI is InChI=1S/C26H33ClN4O5S/c1-25(2)11-14-30(15-12-25)20-7-6-18(27)16-21(20)36-26(9-10-26)24(33)29-37(34,35)23-5-3-4-22(28-23)31-13-8-19(32)17-31/h3-7,16,19,32H,8-15,17H2,1-2H3,(H,29,33)/t19-/m0/s1. The van der Waals surface area contributed by atoms with Crippen LogP contribution in [0, 0.1) is 5.41 Å². The zero-order valence-electron chi connectivity index (χ0n) is 21.1. The number of rotatable bonds is 7. The molecule has 2 aliphatic heterocycles. The molecule has 1 amide bonds. The number of nitrogens with one attached hydrogen (secondary N) is 1. The molecule has 37 heavy (non-hydrogen) atoms. The highest BCUT2D eigenvalue weighted by atomic mass is 35.5. The number of nitrogens with zero attached hydrogens (tertiary/aromatic N) is 3. The Hall–Kier alpha value is -2.56. The predicted molar refractivity (Wildman–Crippen MR) is 142 cm³/mol. The molecule has 3 heterocycles. The first-order valence-electron chi connectivity index (χ1n) is 12.7. The third kappa shape index (κ3) is 5.66. The van der Waals surface area contributed by atoms with Crippen molar-refractivity contribution in [2.45, 2.75) is 62.7 Å². The molecule has 3 aliphatic rings. The van der Waals surface area contributed by atoms with Crippen LogP contribution in [-0.4, -0.2) is 62.3 Å². The molecule has 11 heteroatoms. The Labute approximate surface area is 222 Å². The van der Waals surface area contributed by atoms with Crippen molar-refractivity contribution in [3.8, 4) is 5.75 Å². The number of aliphatic hydroxyl groups excluding tert-OH is 1. The smallest absolute Gasteiger partial charge is 0.281 e. The lowest BCUT2D eigenvalue weighted by Crippen LogP contribution is -2.44. The summed E-state index contributed by atoms with van der Waals surface area (Å²) in [5, 5.41) is 10.0. The molecule has 1 aromatic carbocycles. The maximum atomic E-state index is 13.2. The third-order valence-electron chi connectivity index (χ3n) is 7.50. The number of aromatic nitrogens is 1. The normalized spacial score (nSPS) is 22.5.